The van der Waals surface area contributed by atoms with Gasteiger partial charge in [0.05, 0.1) is 5.01 Å². The molecule has 0 spiro atoms. The van der Waals surface area contributed by atoms with Gasteiger partial charge in [0.1, 0.15) is 10.3 Å². The van der Waals surface area contributed by atoms with Crippen LogP contribution >= 0.6 is 11.3 Å². The number of hydrogen-bond acceptors (Lipinski definition) is 4. The van der Waals surface area contributed by atoms with Gasteiger partial charge in [-0.2, -0.15) is 0 Å². The summed E-state index contributed by atoms with van der Waals surface area (Å²) in [6, 6.07) is 3.77. The molecule has 0 aromatic carbocycles. The zero-order valence-corrected chi connectivity index (χ0v) is 9.70. The van der Waals surface area contributed by atoms with Crippen molar-refractivity contribution in [3.05, 3.63) is 23.3 Å². The number of aromatic nitrogens is 2. The number of fused-ring (bicyclic) bond motifs is 1. The Morgan fingerprint density at radius 1 is 1.62 bits per heavy atom. The van der Waals surface area contributed by atoms with E-state index < -0.39 is 5.97 Å². The predicted molar refractivity (Wildman–Crippen MR) is 62.5 cm³/mol. The van der Waals surface area contributed by atoms with Gasteiger partial charge in [-0.1, -0.05) is 18.3 Å². The Hall–Kier alpha value is -1.49. The summed E-state index contributed by atoms with van der Waals surface area (Å²) in [5, 5.41) is 9.63. The SMILES string of the molecule is CC(CC(=O)O)Cc1nc2cccnc2s1. The van der Waals surface area contributed by atoms with Gasteiger partial charge in [-0.25, -0.2) is 9.97 Å². The molecule has 4 nitrogen and oxygen atoms in total. The monoisotopic (exact) mass is 236 g/mol. The number of carbonyl (C=O) groups is 1. The van der Waals surface area contributed by atoms with E-state index in [0.29, 0.717) is 6.42 Å². The summed E-state index contributed by atoms with van der Waals surface area (Å²) in [6.45, 7) is 1.92. The zero-order valence-electron chi connectivity index (χ0n) is 8.88. The van der Waals surface area contributed by atoms with Crippen LogP contribution in [0.2, 0.25) is 0 Å². The number of carboxylic acids is 1. The molecule has 2 aromatic heterocycles. The van der Waals surface area contributed by atoms with Crippen LogP contribution in [0, 0.1) is 5.92 Å². The van der Waals surface area contributed by atoms with Crippen molar-refractivity contribution in [2.24, 2.45) is 5.92 Å². The molecule has 1 atom stereocenters. The molecule has 2 heterocycles. The summed E-state index contributed by atoms with van der Waals surface area (Å²) in [4.78, 5) is 20.1. The summed E-state index contributed by atoms with van der Waals surface area (Å²) in [5.41, 5.74) is 0.894. The molecule has 0 aliphatic rings. The van der Waals surface area contributed by atoms with E-state index in [4.69, 9.17) is 5.11 Å². The Morgan fingerprint density at radius 2 is 2.44 bits per heavy atom. The van der Waals surface area contributed by atoms with Crippen molar-refractivity contribution in [3.8, 4) is 0 Å². The fraction of sp³-hybridized carbons (Fsp3) is 0.364. The van der Waals surface area contributed by atoms with E-state index in [1.54, 1.807) is 6.20 Å². The van der Waals surface area contributed by atoms with Crippen molar-refractivity contribution in [2.75, 3.05) is 0 Å². The Kier molecular flexibility index (Phi) is 3.14. The molecule has 2 aromatic rings. The lowest BCUT2D eigenvalue weighted by molar-refractivity contribution is -0.137. The molecule has 0 radical (unpaired) electrons. The first-order chi connectivity index (χ1) is 7.65. The molecule has 84 valence electrons. The zero-order chi connectivity index (χ0) is 11.5. The summed E-state index contributed by atoms with van der Waals surface area (Å²) in [5.74, 6) is -0.648. The molecule has 16 heavy (non-hydrogen) atoms. The molecular weight excluding hydrogens is 224 g/mol. The van der Waals surface area contributed by atoms with Crippen molar-refractivity contribution >= 4 is 27.7 Å². The third-order valence-corrected chi connectivity index (χ3v) is 3.26. The van der Waals surface area contributed by atoms with Crippen LogP contribution in [0.25, 0.3) is 10.3 Å². The van der Waals surface area contributed by atoms with Crippen molar-refractivity contribution in [3.63, 3.8) is 0 Å². The third-order valence-electron chi connectivity index (χ3n) is 2.26. The molecular formula is C11H12N2O2S. The summed E-state index contributed by atoms with van der Waals surface area (Å²) < 4.78 is 0. The van der Waals surface area contributed by atoms with E-state index in [1.165, 1.54) is 11.3 Å². The largest absolute Gasteiger partial charge is 0.481 e. The van der Waals surface area contributed by atoms with Gasteiger partial charge >= 0.3 is 5.97 Å². The Bertz CT molecular complexity index is 476. The minimum atomic E-state index is -0.758. The van der Waals surface area contributed by atoms with Crippen LogP contribution in [-0.2, 0) is 11.2 Å². The molecule has 0 amide bonds. The lowest BCUT2D eigenvalue weighted by Crippen LogP contribution is -2.06. The number of pyridine rings is 1. The van der Waals surface area contributed by atoms with Crippen LogP contribution in [0.1, 0.15) is 18.4 Å². The molecule has 0 saturated carbocycles. The minimum absolute atomic E-state index is 0.109. The molecule has 0 aliphatic heterocycles. The molecule has 0 fully saturated rings. The topological polar surface area (TPSA) is 63.1 Å². The van der Waals surface area contributed by atoms with Gasteiger partial charge in [0.2, 0.25) is 0 Å². The average Bonchev–Trinajstić information content (AvgIpc) is 2.57. The lowest BCUT2D eigenvalue weighted by atomic mass is 10.1. The van der Waals surface area contributed by atoms with Gasteiger partial charge in [-0.3, -0.25) is 4.79 Å². The van der Waals surface area contributed by atoms with Crippen LogP contribution < -0.4 is 0 Å². The molecule has 0 aliphatic carbocycles. The number of nitrogens with zero attached hydrogens (tertiary/aromatic N) is 2. The van der Waals surface area contributed by atoms with Crippen molar-refractivity contribution in [1.82, 2.24) is 9.97 Å². The van der Waals surface area contributed by atoms with Gasteiger partial charge < -0.3 is 5.11 Å². The first-order valence-electron chi connectivity index (χ1n) is 5.07. The second-order valence-electron chi connectivity index (χ2n) is 3.84. The fourth-order valence-electron chi connectivity index (χ4n) is 1.57. The maximum absolute atomic E-state index is 10.5. The summed E-state index contributed by atoms with van der Waals surface area (Å²) in [6.07, 6.45) is 2.63. The third kappa shape index (κ3) is 2.55. The normalized spacial score (nSPS) is 12.8. The highest BCUT2D eigenvalue weighted by Gasteiger charge is 2.11. The van der Waals surface area contributed by atoms with E-state index in [0.717, 1.165) is 15.4 Å². The lowest BCUT2D eigenvalue weighted by Gasteiger charge is -2.04. The number of aliphatic carboxylic acids is 1. The number of rotatable bonds is 4. The Balaban J connectivity index is 2.12. The van der Waals surface area contributed by atoms with Crippen molar-refractivity contribution in [2.45, 2.75) is 19.8 Å². The molecule has 0 bridgehead atoms. The molecule has 2 rings (SSSR count). The van der Waals surface area contributed by atoms with Crippen molar-refractivity contribution < 1.29 is 9.90 Å². The number of carboxylic acid groups (broad SMARTS) is 1. The van der Waals surface area contributed by atoms with Gasteiger partial charge in [0, 0.05) is 19.0 Å². The highest BCUT2D eigenvalue weighted by atomic mass is 32.1. The van der Waals surface area contributed by atoms with E-state index >= 15 is 0 Å². The molecule has 5 heteroatoms. The minimum Gasteiger partial charge on any atom is -0.481 e. The van der Waals surface area contributed by atoms with Gasteiger partial charge in [0.15, 0.2) is 0 Å². The first-order valence-corrected chi connectivity index (χ1v) is 5.89. The molecule has 0 saturated heterocycles. The Morgan fingerprint density at radius 3 is 3.12 bits per heavy atom. The average molecular weight is 236 g/mol. The number of thiazole rings is 1. The van der Waals surface area contributed by atoms with Crippen molar-refractivity contribution in [1.29, 1.82) is 0 Å². The standard InChI is InChI=1S/C11H12N2O2S/c1-7(6-10(14)15)5-9-13-8-3-2-4-12-11(8)16-9/h2-4,7H,5-6H2,1H3,(H,14,15). The van der Waals surface area contributed by atoms with Crippen LogP contribution in [0.15, 0.2) is 18.3 Å². The van der Waals surface area contributed by atoms with E-state index in [9.17, 15) is 4.79 Å². The smallest absolute Gasteiger partial charge is 0.303 e. The molecule has 1 N–H and O–H groups in total. The van der Waals surface area contributed by atoms with E-state index in [1.807, 2.05) is 19.1 Å². The second-order valence-corrected chi connectivity index (χ2v) is 4.90. The molecule has 1 unspecified atom stereocenters. The predicted octanol–water partition coefficient (Wildman–Crippen LogP) is 2.34. The first kappa shape index (κ1) is 11.0. The highest BCUT2D eigenvalue weighted by molar-refractivity contribution is 7.18. The maximum Gasteiger partial charge on any atom is 0.303 e. The summed E-state index contributed by atoms with van der Waals surface area (Å²) >= 11 is 1.54. The van der Waals surface area contributed by atoms with E-state index in [-0.39, 0.29) is 12.3 Å². The highest BCUT2D eigenvalue weighted by Crippen LogP contribution is 2.22. The van der Waals surface area contributed by atoms with Gasteiger partial charge in [-0.05, 0) is 18.1 Å². The van der Waals surface area contributed by atoms with Crippen LogP contribution in [0.5, 0.6) is 0 Å². The van der Waals surface area contributed by atoms with Gasteiger partial charge in [-0.15, -0.1) is 0 Å². The van der Waals surface area contributed by atoms with Crippen LogP contribution in [-0.4, -0.2) is 21.0 Å². The van der Waals surface area contributed by atoms with E-state index in [2.05, 4.69) is 9.97 Å². The van der Waals surface area contributed by atoms with Crippen LogP contribution in [0.3, 0.4) is 0 Å². The quantitative estimate of drug-likeness (QED) is 0.885. The second kappa shape index (κ2) is 4.57. The summed E-state index contributed by atoms with van der Waals surface area (Å²) in [7, 11) is 0. The maximum atomic E-state index is 10.5. The Labute approximate surface area is 97.0 Å². The number of hydrogen-bond donors (Lipinski definition) is 1. The van der Waals surface area contributed by atoms with Gasteiger partial charge in [0.25, 0.3) is 0 Å². The van der Waals surface area contributed by atoms with Crippen LogP contribution in [0.4, 0.5) is 0 Å². The fourth-order valence-corrected chi connectivity index (χ4v) is 2.64.